The van der Waals surface area contributed by atoms with Crippen LogP contribution in [0, 0.1) is 17.2 Å². The predicted molar refractivity (Wildman–Crippen MR) is 162 cm³/mol. The zero-order chi connectivity index (χ0) is 32.4. The topological polar surface area (TPSA) is 138 Å². The summed E-state index contributed by atoms with van der Waals surface area (Å²) in [4.78, 5) is 55.2. The van der Waals surface area contributed by atoms with Crippen molar-refractivity contribution >= 4 is 23.9 Å². The van der Waals surface area contributed by atoms with Gasteiger partial charge in [-0.25, -0.2) is 9.59 Å². The number of ether oxygens (including phenoxy) is 2. The second-order valence-corrected chi connectivity index (χ2v) is 12.6. The molecule has 2 N–H and O–H groups in total. The third kappa shape index (κ3) is 11.4. The summed E-state index contributed by atoms with van der Waals surface area (Å²) < 4.78 is 11.0. The molecule has 2 aromatic rings. The maximum Gasteiger partial charge on any atom is 0.408 e. The number of alkyl carbamates (subject to hydrolysis) is 1. The summed E-state index contributed by atoms with van der Waals surface area (Å²) in [6.45, 7) is 13.3. The van der Waals surface area contributed by atoms with E-state index in [0.717, 1.165) is 10.5 Å². The van der Waals surface area contributed by atoms with Crippen molar-refractivity contribution in [2.24, 2.45) is 5.92 Å². The Morgan fingerprint density at radius 2 is 1.37 bits per heavy atom. The van der Waals surface area contributed by atoms with E-state index in [0.29, 0.717) is 5.56 Å². The minimum Gasteiger partial charge on any atom is -0.458 e. The molecule has 10 nitrogen and oxygen atoms in total. The lowest BCUT2D eigenvalue weighted by Crippen LogP contribution is -2.56. The highest BCUT2D eigenvalue weighted by molar-refractivity contribution is 5.94. The van der Waals surface area contributed by atoms with E-state index in [1.807, 2.05) is 36.4 Å². The minimum atomic E-state index is -1.30. The maximum absolute atomic E-state index is 14.1. The highest BCUT2D eigenvalue weighted by atomic mass is 16.6. The van der Waals surface area contributed by atoms with Crippen molar-refractivity contribution in [2.75, 3.05) is 6.54 Å². The number of carbonyl (C=O) groups is 4. The van der Waals surface area contributed by atoms with Gasteiger partial charge in [0, 0.05) is 6.42 Å². The second-order valence-electron chi connectivity index (χ2n) is 12.6. The van der Waals surface area contributed by atoms with Crippen LogP contribution in [0.2, 0.25) is 0 Å². The lowest BCUT2D eigenvalue weighted by Gasteiger charge is -2.35. The quantitative estimate of drug-likeness (QED) is 0.285. The number of nitrogens with one attached hydrogen (secondary N) is 2. The molecule has 0 heterocycles. The maximum atomic E-state index is 14.1. The van der Waals surface area contributed by atoms with Crippen LogP contribution in [0.4, 0.5) is 4.79 Å². The van der Waals surface area contributed by atoms with Crippen molar-refractivity contribution in [3.05, 3.63) is 71.8 Å². The monoisotopic (exact) mass is 592 g/mol. The molecule has 3 atom stereocenters. The summed E-state index contributed by atoms with van der Waals surface area (Å²) in [6.07, 6.45) is -0.658. The molecule has 0 aromatic heterocycles. The zero-order valence-electron chi connectivity index (χ0n) is 26.3. The van der Waals surface area contributed by atoms with Gasteiger partial charge in [-0.05, 0) is 58.6 Å². The van der Waals surface area contributed by atoms with Crippen LogP contribution in [0.15, 0.2) is 60.7 Å². The highest BCUT2D eigenvalue weighted by Gasteiger charge is 2.39. The molecule has 3 amide bonds. The van der Waals surface area contributed by atoms with Crippen molar-refractivity contribution in [3.63, 3.8) is 0 Å². The number of benzene rings is 2. The van der Waals surface area contributed by atoms with Crippen molar-refractivity contribution in [1.29, 1.82) is 5.26 Å². The van der Waals surface area contributed by atoms with Gasteiger partial charge >= 0.3 is 12.1 Å². The van der Waals surface area contributed by atoms with Crippen LogP contribution in [0.1, 0.15) is 72.6 Å². The molecular weight excluding hydrogens is 548 g/mol. The molecule has 0 aliphatic carbocycles. The Labute approximate surface area is 254 Å². The van der Waals surface area contributed by atoms with E-state index < -0.39 is 65.7 Å². The van der Waals surface area contributed by atoms with Crippen LogP contribution >= 0.6 is 0 Å². The summed E-state index contributed by atoms with van der Waals surface area (Å²) in [5, 5.41) is 15.1. The van der Waals surface area contributed by atoms with Crippen LogP contribution in [0.5, 0.6) is 0 Å². The summed E-state index contributed by atoms with van der Waals surface area (Å²) in [5.41, 5.74) is -0.397. The summed E-state index contributed by atoms with van der Waals surface area (Å²) in [5.74, 6) is -2.38. The molecular formula is C33H44N4O6. The summed E-state index contributed by atoms with van der Waals surface area (Å²) in [7, 11) is 0. The number of esters is 1. The molecule has 2 rings (SSSR count). The van der Waals surface area contributed by atoms with E-state index in [1.54, 1.807) is 85.7 Å². The van der Waals surface area contributed by atoms with E-state index >= 15 is 0 Å². The second kappa shape index (κ2) is 15.2. The molecule has 0 saturated carbocycles. The third-order valence-electron chi connectivity index (χ3n) is 6.09. The standard InChI is InChI=1S/C33H44N4O6/c1-22(2)26(36-31(41)43-33(6,7)8)29(39)37(20-19-34)27(24-17-13-10-14-18-24)28(38)35-25(30(40)42-32(3,4)5)21-23-15-11-9-12-16-23/h9-18,22,25-27H,20-21H2,1-8H3,(H,35,38)(H,36,41). The first-order valence-corrected chi connectivity index (χ1v) is 14.3. The fourth-order valence-electron chi connectivity index (χ4n) is 4.27. The van der Waals surface area contributed by atoms with Crippen molar-refractivity contribution < 1.29 is 28.7 Å². The Balaban J connectivity index is 2.52. The molecule has 0 radical (unpaired) electrons. The van der Waals surface area contributed by atoms with Crippen LogP contribution in [-0.4, -0.2) is 58.6 Å². The molecule has 0 bridgehead atoms. The SMILES string of the molecule is CC(C)C(NC(=O)OC(C)(C)C)C(=O)N(CC#N)C(C(=O)NC(Cc1ccccc1)C(=O)OC(C)(C)C)c1ccccc1. The predicted octanol–water partition coefficient (Wildman–Crippen LogP) is 4.70. The van der Waals surface area contributed by atoms with Crippen molar-refractivity contribution in [2.45, 2.75) is 91.1 Å². The molecule has 2 aromatic carbocycles. The fourth-order valence-corrected chi connectivity index (χ4v) is 4.27. The lowest BCUT2D eigenvalue weighted by molar-refractivity contribution is -0.159. The van der Waals surface area contributed by atoms with Gasteiger partial charge in [0.1, 0.15) is 35.9 Å². The Hall–Kier alpha value is -4.39. The van der Waals surface area contributed by atoms with Gasteiger partial charge in [-0.15, -0.1) is 0 Å². The first kappa shape index (κ1) is 34.8. The average molecular weight is 593 g/mol. The van der Waals surface area contributed by atoms with Gasteiger partial charge in [-0.1, -0.05) is 74.5 Å². The van der Waals surface area contributed by atoms with E-state index in [4.69, 9.17) is 9.47 Å². The third-order valence-corrected chi connectivity index (χ3v) is 6.09. The van der Waals surface area contributed by atoms with Gasteiger partial charge in [0.2, 0.25) is 11.8 Å². The number of hydrogen-bond acceptors (Lipinski definition) is 7. The largest absolute Gasteiger partial charge is 0.458 e. The van der Waals surface area contributed by atoms with E-state index in [1.165, 1.54) is 0 Å². The van der Waals surface area contributed by atoms with Gasteiger partial charge < -0.3 is 25.0 Å². The minimum absolute atomic E-state index is 0.143. The molecule has 0 spiro atoms. The number of hydrogen-bond donors (Lipinski definition) is 2. The molecule has 232 valence electrons. The van der Waals surface area contributed by atoms with Crippen molar-refractivity contribution in [3.8, 4) is 6.07 Å². The summed E-state index contributed by atoms with van der Waals surface area (Å²) >= 11 is 0. The van der Waals surface area contributed by atoms with Gasteiger partial charge in [0.15, 0.2) is 0 Å². The van der Waals surface area contributed by atoms with Crippen LogP contribution in [0.3, 0.4) is 0 Å². The number of nitriles is 1. The van der Waals surface area contributed by atoms with Crippen LogP contribution in [-0.2, 0) is 30.3 Å². The zero-order valence-corrected chi connectivity index (χ0v) is 26.3. The fraction of sp³-hybridized carbons (Fsp3) is 0.485. The highest BCUT2D eigenvalue weighted by Crippen LogP contribution is 2.24. The molecule has 10 heteroatoms. The Morgan fingerprint density at radius 3 is 1.86 bits per heavy atom. The lowest BCUT2D eigenvalue weighted by atomic mass is 9.98. The number of amides is 3. The number of nitrogens with zero attached hydrogens (tertiary/aromatic N) is 2. The molecule has 43 heavy (non-hydrogen) atoms. The molecule has 0 aliphatic rings. The number of rotatable bonds is 11. The van der Waals surface area contributed by atoms with Gasteiger partial charge in [0.05, 0.1) is 6.07 Å². The molecule has 0 fully saturated rings. The van der Waals surface area contributed by atoms with E-state index in [-0.39, 0.29) is 6.42 Å². The van der Waals surface area contributed by atoms with E-state index in [2.05, 4.69) is 10.6 Å². The molecule has 3 unspecified atom stereocenters. The van der Waals surface area contributed by atoms with Gasteiger partial charge in [-0.3, -0.25) is 9.59 Å². The number of carbonyl (C=O) groups excluding carboxylic acids is 4. The smallest absolute Gasteiger partial charge is 0.408 e. The molecule has 0 saturated heterocycles. The first-order valence-electron chi connectivity index (χ1n) is 14.3. The Morgan fingerprint density at radius 1 is 0.837 bits per heavy atom. The Kier molecular flexibility index (Phi) is 12.3. The first-order chi connectivity index (χ1) is 20.0. The van der Waals surface area contributed by atoms with Crippen LogP contribution in [0.25, 0.3) is 0 Å². The van der Waals surface area contributed by atoms with Crippen LogP contribution < -0.4 is 10.6 Å². The molecule has 0 aliphatic heterocycles. The summed E-state index contributed by atoms with van der Waals surface area (Å²) in [6, 6.07) is 16.1. The van der Waals surface area contributed by atoms with Gasteiger partial charge in [0.25, 0.3) is 0 Å². The van der Waals surface area contributed by atoms with Crippen molar-refractivity contribution in [1.82, 2.24) is 15.5 Å². The Bertz CT molecular complexity index is 1280. The van der Waals surface area contributed by atoms with E-state index in [9.17, 15) is 24.4 Å². The van der Waals surface area contributed by atoms with Gasteiger partial charge in [-0.2, -0.15) is 5.26 Å². The average Bonchev–Trinajstić information content (AvgIpc) is 2.90. The normalized spacial score (nSPS) is 13.6.